The highest BCUT2D eigenvalue weighted by Gasteiger charge is 2.16. The smallest absolute Gasteiger partial charge is 0.250 e. The van der Waals surface area contributed by atoms with Gasteiger partial charge in [-0.1, -0.05) is 38.0 Å². The fraction of sp³-hybridized carbons (Fsp3) is 0.421. The van der Waals surface area contributed by atoms with Crippen LogP contribution >= 0.6 is 0 Å². The molecule has 0 saturated carbocycles. The molecular weight excluding hydrogens is 288 g/mol. The summed E-state index contributed by atoms with van der Waals surface area (Å²) in [5.74, 6) is -0.185. The second-order valence-electron chi connectivity index (χ2n) is 5.36. The number of hydrogen-bond acceptors (Lipinski definition) is 3. The van der Waals surface area contributed by atoms with Gasteiger partial charge in [0.1, 0.15) is 0 Å². The second kappa shape index (κ2) is 12.6. The van der Waals surface area contributed by atoms with E-state index in [1.807, 2.05) is 6.08 Å². The Balaban J connectivity index is 4.64. The number of aliphatic hydroxyl groups excluding tert-OH is 1. The summed E-state index contributed by atoms with van der Waals surface area (Å²) >= 11 is 0. The summed E-state index contributed by atoms with van der Waals surface area (Å²) in [4.78, 5) is 15.4. The van der Waals surface area contributed by atoms with Crippen molar-refractivity contribution in [2.75, 3.05) is 26.2 Å². The monoisotopic (exact) mass is 318 g/mol. The minimum absolute atomic E-state index is 0.185. The maximum Gasteiger partial charge on any atom is 0.250 e. The Labute approximate surface area is 140 Å². The summed E-state index contributed by atoms with van der Waals surface area (Å²) in [6, 6.07) is 0. The molecule has 1 amide bonds. The Morgan fingerprint density at radius 3 is 2.48 bits per heavy atom. The summed E-state index contributed by atoms with van der Waals surface area (Å²) < 4.78 is 0. The number of carbonyl (C=O) groups excluding carboxylic acids is 1. The van der Waals surface area contributed by atoms with E-state index >= 15 is 0 Å². The summed E-state index contributed by atoms with van der Waals surface area (Å²) in [5.41, 5.74) is 0.904. The number of carbonyl (C=O) groups is 1. The van der Waals surface area contributed by atoms with Gasteiger partial charge in [0.05, 0.1) is 12.6 Å². The van der Waals surface area contributed by atoms with E-state index < -0.39 is 6.10 Å². The lowest BCUT2D eigenvalue weighted by molar-refractivity contribution is -0.124. The molecule has 4 heteroatoms. The molecule has 4 nitrogen and oxygen atoms in total. The summed E-state index contributed by atoms with van der Waals surface area (Å²) in [7, 11) is 0. The number of nitrogens with zero attached hydrogens (tertiary/aromatic N) is 2. The number of allylic oxidation sites excluding steroid dienone is 2. The van der Waals surface area contributed by atoms with Crippen molar-refractivity contribution in [2.24, 2.45) is 0 Å². The van der Waals surface area contributed by atoms with Gasteiger partial charge in [-0.2, -0.15) is 0 Å². The van der Waals surface area contributed by atoms with Crippen LogP contribution in [0.25, 0.3) is 0 Å². The first-order valence-electron chi connectivity index (χ1n) is 7.85. The van der Waals surface area contributed by atoms with Gasteiger partial charge in [-0.05, 0) is 44.2 Å². The Kier molecular flexibility index (Phi) is 11.6. The SMILES string of the molecule is C=CCCCN(CC(=C)C=C)CC(O)CN(C=C)C(=O)/C=C\C. The topological polar surface area (TPSA) is 43.8 Å². The molecule has 1 unspecified atom stereocenters. The van der Waals surface area contributed by atoms with Crippen LogP contribution in [0.1, 0.15) is 19.8 Å². The molecule has 0 aromatic carbocycles. The zero-order chi connectivity index (χ0) is 17.7. The van der Waals surface area contributed by atoms with Crippen LogP contribution in [-0.4, -0.2) is 53.1 Å². The van der Waals surface area contributed by atoms with Gasteiger partial charge in [0, 0.05) is 13.1 Å². The van der Waals surface area contributed by atoms with Crippen LogP contribution in [0.2, 0.25) is 0 Å². The van der Waals surface area contributed by atoms with E-state index in [-0.39, 0.29) is 12.5 Å². The van der Waals surface area contributed by atoms with E-state index in [0.717, 1.165) is 25.0 Å². The van der Waals surface area contributed by atoms with Gasteiger partial charge < -0.3 is 10.0 Å². The van der Waals surface area contributed by atoms with Gasteiger partial charge in [-0.25, -0.2) is 0 Å². The predicted octanol–water partition coefficient (Wildman–Crippen LogP) is 2.91. The predicted molar refractivity (Wildman–Crippen MR) is 97.9 cm³/mol. The van der Waals surface area contributed by atoms with Crippen LogP contribution in [0.3, 0.4) is 0 Å². The Morgan fingerprint density at radius 2 is 1.96 bits per heavy atom. The van der Waals surface area contributed by atoms with Crippen molar-refractivity contribution in [3.05, 3.63) is 62.4 Å². The third-order valence-electron chi connectivity index (χ3n) is 3.29. The highest BCUT2D eigenvalue weighted by atomic mass is 16.3. The third-order valence-corrected chi connectivity index (χ3v) is 3.29. The lowest BCUT2D eigenvalue weighted by Crippen LogP contribution is -2.41. The van der Waals surface area contributed by atoms with E-state index in [1.165, 1.54) is 17.2 Å². The van der Waals surface area contributed by atoms with Gasteiger partial charge in [-0.15, -0.1) is 6.58 Å². The Bertz CT molecular complexity index is 441. The molecule has 0 rings (SSSR count). The molecule has 0 aromatic rings. The average Bonchev–Trinajstić information content (AvgIpc) is 2.52. The molecule has 1 N–H and O–H groups in total. The van der Waals surface area contributed by atoms with E-state index in [9.17, 15) is 9.90 Å². The minimum atomic E-state index is -0.663. The third kappa shape index (κ3) is 9.66. The maximum absolute atomic E-state index is 11.8. The minimum Gasteiger partial charge on any atom is -0.390 e. The number of amides is 1. The van der Waals surface area contributed by atoms with Crippen molar-refractivity contribution in [1.29, 1.82) is 0 Å². The van der Waals surface area contributed by atoms with Crippen LogP contribution in [-0.2, 0) is 4.79 Å². The molecule has 1 atom stereocenters. The van der Waals surface area contributed by atoms with Gasteiger partial charge >= 0.3 is 0 Å². The van der Waals surface area contributed by atoms with Crippen LogP contribution in [0.4, 0.5) is 0 Å². The molecule has 0 radical (unpaired) electrons. The molecule has 0 aliphatic carbocycles. The number of aliphatic hydroxyl groups is 1. The fourth-order valence-electron chi connectivity index (χ4n) is 2.12. The van der Waals surface area contributed by atoms with Crippen molar-refractivity contribution in [2.45, 2.75) is 25.9 Å². The van der Waals surface area contributed by atoms with Crippen molar-refractivity contribution >= 4 is 5.91 Å². The Morgan fingerprint density at radius 1 is 1.26 bits per heavy atom. The van der Waals surface area contributed by atoms with Crippen molar-refractivity contribution in [3.8, 4) is 0 Å². The molecule has 0 fully saturated rings. The first-order chi connectivity index (χ1) is 11.0. The van der Waals surface area contributed by atoms with Gasteiger partial charge in [0.15, 0.2) is 0 Å². The lowest BCUT2D eigenvalue weighted by atomic mass is 10.2. The largest absolute Gasteiger partial charge is 0.390 e. The number of rotatable bonds is 13. The maximum atomic E-state index is 11.8. The van der Waals surface area contributed by atoms with Gasteiger partial charge in [-0.3, -0.25) is 9.69 Å². The summed E-state index contributed by atoms with van der Waals surface area (Å²) in [6.07, 6.45) is 9.38. The molecule has 0 saturated heterocycles. The molecule has 23 heavy (non-hydrogen) atoms. The first-order valence-corrected chi connectivity index (χ1v) is 7.85. The number of hydrogen-bond donors (Lipinski definition) is 1. The standard InChI is InChI=1S/C19H30N2O2/c1-6-10-11-13-20(14-17(5)8-3)15-18(22)16-21(9-4)19(23)12-7-2/h6-9,12,18,22H,1,3-5,10-11,13-16H2,2H3/b12-7-. The van der Waals surface area contributed by atoms with Crippen LogP contribution in [0.15, 0.2) is 62.4 Å². The van der Waals surface area contributed by atoms with Crippen molar-refractivity contribution in [3.63, 3.8) is 0 Å². The molecule has 0 aliphatic heterocycles. The van der Waals surface area contributed by atoms with E-state index in [2.05, 4.69) is 31.2 Å². The molecule has 0 bridgehead atoms. The van der Waals surface area contributed by atoms with Crippen molar-refractivity contribution < 1.29 is 9.90 Å². The van der Waals surface area contributed by atoms with Gasteiger partial charge in [0.2, 0.25) is 5.91 Å². The van der Waals surface area contributed by atoms with E-state index in [0.29, 0.717) is 13.1 Å². The molecular formula is C19H30N2O2. The summed E-state index contributed by atoms with van der Waals surface area (Å²) in [6.45, 7) is 18.9. The molecule has 0 heterocycles. The highest BCUT2D eigenvalue weighted by molar-refractivity contribution is 5.88. The normalized spacial score (nSPS) is 12.1. The molecule has 0 aromatic heterocycles. The van der Waals surface area contributed by atoms with Crippen LogP contribution in [0.5, 0.6) is 0 Å². The van der Waals surface area contributed by atoms with E-state index in [1.54, 1.807) is 19.1 Å². The van der Waals surface area contributed by atoms with Crippen molar-refractivity contribution in [1.82, 2.24) is 9.80 Å². The second-order valence-corrected chi connectivity index (χ2v) is 5.36. The highest BCUT2D eigenvalue weighted by Crippen LogP contribution is 2.05. The molecule has 128 valence electrons. The van der Waals surface area contributed by atoms with Crippen LogP contribution in [0, 0.1) is 0 Å². The van der Waals surface area contributed by atoms with E-state index in [4.69, 9.17) is 0 Å². The quantitative estimate of drug-likeness (QED) is 0.246. The Hall–Kier alpha value is -1.91. The zero-order valence-electron chi connectivity index (χ0n) is 14.3. The average molecular weight is 318 g/mol. The van der Waals surface area contributed by atoms with Crippen LogP contribution < -0.4 is 0 Å². The molecule has 0 aliphatic rings. The summed E-state index contributed by atoms with van der Waals surface area (Å²) in [5, 5.41) is 10.3. The van der Waals surface area contributed by atoms with Gasteiger partial charge in [0.25, 0.3) is 0 Å². The first kappa shape index (κ1) is 21.1. The fourth-order valence-corrected chi connectivity index (χ4v) is 2.12. The lowest BCUT2D eigenvalue weighted by Gasteiger charge is -2.27. The number of unbranched alkanes of at least 4 members (excludes halogenated alkanes) is 1. The molecule has 0 spiro atoms. The zero-order valence-corrected chi connectivity index (χ0v) is 14.3.